The van der Waals surface area contributed by atoms with Crippen LogP contribution in [0.4, 0.5) is 5.69 Å². The van der Waals surface area contributed by atoms with E-state index >= 15 is 0 Å². The van der Waals surface area contributed by atoms with Gasteiger partial charge < -0.3 is 15.4 Å². The fraction of sp³-hybridized carbons (Fsp3) is 0.571. The second-order valence-electron chi connectivity index (χ2n) is 5.00. The molecule has 0 bridgehead atoms. The molecule has 4 heteroatoms. The summed E-state index contributed by atoms with van der Waals surface area (Å²) in [6.45, 7) is 0. The number of nitrogens with zero attached hydrogens (tertiary/aromatic N) is 1. The molecular weight excluding hydrogens is 248 g/mol. The van der Waals surface area contributed by atoms with Crippen molar-refractivity contribution >= 4 is 17.3 Å². The number of anilines is 1. The average molecular weight is 269 g/mol. The minimum absolute atomic E-state index is 0.371. The van der Waals surface area contributed by atoms with Crippen LogP contribution in [0.5, 0.6) is 5.75 Å². The Morgan fingerprint density at radius 1 is 1.28 bits per heavy atom. The van der Waals surface area contributed by atoms with Crippen LogP contribution in [0.2, 0.25) is 5.02 Å². The molecule has 1 aromatic rings. The van der Waals surface area contributed by atoms with Gasteiger partial charge in [-0.25, -0.2) is 0 Å². The van der Waals surface area contributed by atoms with Crippen molar-refractivity contribution < 1.29 is 4.74 Å². The van der Waals surface area contributed by atoms with Crippen molar-refractivity contribution in [1.82, 2.24) is 0 Å². The van der Waals surface area contributed by atoms with E-state index in [1.165, 1.54) is 0 Å². The topological polar surface area (TPSA) is 38.5 Å². The van der Waals surface area contributed by atoms with E-state index in [0.29, 0.717) is 12.1 Å². The number of halogens is 1. The van der Waals surface area contributed by atoms with Gasteiger partial charge in [0.1, 0.15) is 5.75 Å². The molecule has 0 radical (unpaired) electrons. The lowest BCUT2D eigenvalue weighted by Crippen LogP contribution is -2.38. The lowest BCUT2D eigenvalue weighted by atomic mass is 9.90. The first-order chi connectivity index (χ1) is 8.61. The molecule has 2 N–H and O–H groups in total. The third-order valence-electron chi connectivity index (χ3n) is 3.81. The van der Waals surface area contributed by atoms with E-state index in [4.69, 9.17) is 22.1 Å². The van der Waals surface area contributed by atoms with Gasteiger partial charge in [-0.15, -0.1) is 0 Å². The predicted molar refractivity (Wildman–Crippen MR) is 76.6 cm³/mol. The van der Waals surface area contributed by atoms with Crippen LogP contribution in [0.3, 0.4) is 0 Å². The van der Waals surface area contributed by atoms with Gasteiger partial charge in [-0.3, -0.25) is 0 Å². The van der Waals surface area contributed by atoms with Gasteiger partial charge in [0.25, 0.3) is 0 Å². The van der Waals surface area contributed by atoms with Crippen molar-refractivity contribution in [2.75, 3.05) is 19.1 Å². The van der Waals surface area contributed by atoms with Crippen LogP contribution >= 0.6 is 11.6 Å². The Morgan fingerprint density at radius 3 is 2.56 bits per heavy atom. The van der Waals surface area contributed by atoms with E-state index in [9.17, 15) is 0 Å². The van der Waals surface area contributed by atoms with E-state index in [-0.39, 0.29) is 0 Å². The monoisotopic (exact) mass is 268 g/mol. The van der Waals surface area contributed by atoms with E-state index in [0.717, 1.165) is 42.1 Å². The highest BCUT2D eigenvalue weighted by Gasteiger charge is 2.23. The maximum absolute atomic E-state index is 6.08. The summed E-state index contributed by atoms with van der Waals surface area (Å²) >= 11 is 6.08. The van der Waals surface area contributed by atoms with E-state index in [2.05, 4.69) is 11.9 Å². The lowest BCUT2D eigenvalue weighted by Gasteiger charge is -2.35. The Balaban J connectivity index is 2.17. The summed E-state index contributed by atoms with van der Waals surface area (Å²) in [5.41, 5.74) is 7.01. The zero-order chi connectivity index (χ0) is 13.1. The molecule has 1 fully saturated rings. The standard InChI is InChI=1S/C14H21ClN2O/c1-17(12-6-4-11(16)5-7-12)13-9-10(15)3-8-14(13)18-2/h3,8-9,11-12H,4-7,16H2,1-2H3. The molecule has 0 amide bonds. The Hall–Kier alpha value is -0.930. The van der Waals surface area contributed by atoms with Crippen LogP contribution in [0.1, 0.15) is 25.7 Å². The molecule has 0 aromatic heterocycles. The fourth-order valence-electron chi connectivity index (χ4n) is 2.62. The van der Waals surface area contributed by atoms with Gasteiger partial charge in [-0.05, 0) is 43.9 Å². The van der Waals surface area contributed by atoms with Gasteiger partial charge in [0.05, 0.1) is 12.8 Å². The molecular formula is C14H21ClN2O. The van der Waals surface area contributed by atoms with Gasteiger partial charge in [-0.2, -0.15) is 0 Å². The summed E-state index contributed by atoms with van der Waals surface area (Å²) < 4.78 is 5.41. The highest BCUT2D eigenvalue weighted by atomic mass is 35.5. The minimum atomic E-state index is 0.371. The molecule has 0 spiro atoms. The van der Waals surface area contributed by atoms with Crippen LogP contribution in [0, 0.1) is 0 Å². The van der Waals surface area contributed by atoms with Gasteiger partial charge in [0, 0.05) is 24.2 Å². The quantitative estimate of drug-likeness (QED) is 0.916. The summed E-state index contributed by atoms with van der Waals surface area (Å²) in [5, 5.41) is 0.741. The summed E-state index contributed by atoms with van der Waals surface area (Å²) in [7, 11) is 3.80. The number of nitrogens with two attached hydrogens (primary N) is 1. The zero-order valence-electron chi connectivity index (χ0n) is 11.0. The van der Waals surface area contributed by atoms with Crippen molar-refractivity contribution in [2.45, 2.75) is 37.8 Å². The largest absolute Gasteiger partial charge is 0.495 e. The zero-order valence-corrected chi connectivity index (χ0v) is 11.8. The molecule has 1 aromatic carbocycles. The van der Waals surface area contributed by atoms with E-state index in [1.807, 2.05) is 18.2 Å². The first kappa shape index (κ1) is 13.5. The van der Waals surface area contributed by atoms with Gasteiger partial charge in [0.15, 0.2) is 0 Å². The molecule has 1 saturated carbocycles. The van der Waals surface area contributed by atoms with Gasteiger partial charge in [-0.1, -0.05) is 11.6 Å². The molecule has 0 aliphatic heterocycles. The van der Waals surface area contributed by atoms with Crippen molar-refractivity contribution in [3.63, 3.8) is 0 Å². The maximum Gasteiger partial charge on any atom is 0.142 e. The van der Waals surface area contributed by atoms with Crippen LogP contribution in [-0.4, -0.2) is 26.2 Å². The minimum Gasteiger partial charge on any atom is -0.495 e. The summed E-state index contributed by atoms with van der Waals surface area (Å²) in [6.07, 6.45) is 4.45. The molecule has 3 nitrogen and oxygen atoms in total. The molecule has 1 aliphatic rings. The van der Waals surface area contributed by atoms with Crippen LogP contribution in [0.25, 0.3) is 0 Å². The fourth-order valence-corrected chi connectivity index (χ4v) is 2.79. The molecule has 0 heterocycles. The molecule has 2 rings (SSSR count). The average Bonchev–Trinajstić information content (AvgIpc) is 2.39. The van der Waals surface area contributed by atoms with Crippen molar-refractivity contribution in [3.8, 4) is 5.75 Å². The van der Waals surface area contributed by atoms with E-state index < -0.39 is 0 Å². The van der Waals surface area contributed by atoms with Crippen LogP contribution < -0.4 is 15.4 Å². The number of rotatable bonds is 3. The summed E-state index contributed by atoms with van der Waals surface area (Å²) in [6, 6.07) is 6.64. The lowest BCUT2D eigenvalue weighted by molar-refractivity contribution is 0.378. The maximum atomic E-state index is 6.08. The smallest absolute Gasteiger partial charge is 0.142 e. The number of hydrogen-bond donors (Lipinski definition) is 1. The molecule has 1 aliphatic carbocycles. The molecule has 0 atom stereocenters. The molecule has 100 valence electrons. The second kappa shape index (κ2) is 5.81. The van der Waals surface area contributed by atoms with Crippen LogP contribution in [-0.2, 0) is 0 Å². The first-order valence-electron chi connectivity index (χ1n) is 6.43. The first-order valence-corrected chi connectivity index (χ1v) is 6.81. The predicted octanol–water partition coefficient (Wildman–Crippen LogP) is 3.05. The number of benzene rings is 1. The Morgan fingerprint density at radius 2 is 1.94 bits per heavy atom. The van der Waals surface area contributed by atoms with E-state index in [1.54, 1.807) is 7.11 Å². The van der Waals surface area contributed by atoms with Crippen LogP contribution in [0.15, 0.2) is 18.2 Å². The summed E-state index contributed by atoms with van der Waals surface area (Å²) in [5.74, 6) is 0.872. The third-order valence-corrected chi connectivity index (χ3v) is 4.05. The molecule has 0 saturated heterocycles. The Bertz CT molecular complexity index is 403. The highest BCUT2D eigenvalue weighted by Crippen LogP contribution is 2.34. The van der Waals surface area contributed by atoms with Crippen molar-refractivity contribution in [3.05, 3.63) is 23.2 Å². The third kappa shape index (κ3) is 2.90. The second-order valence-corrected chi connectivity index (χ2v) is 5.43. The highest BCUT2D eigenvalue weighted by molar-refractivity contribution is 6.30. The van der Waals surface area contributed by atoms with Crippen molar-refractivity contribution in [2.24, 2.45) is 5.73 Å². The number of ether oxygens (including phenoxy) is 1. The molecule has 0 unspecified atom stereocenters. The van der Waals surface area contributed by atoms with Gasteiger partial charge in [0.2, 0.25) is 0 Å². The normalized spacial score (nSPS) is 23.8. The Kier molecular flexibility index (Phi) is 4.36. The molecule has 18 heavy (non-hydrogen) atoms. The number of methoxy groups -OCH3 is 1. The van der Waals surface area contributed by atoms with Gasteiger partial charge >= 0.3 is 0 Å². The SMILES string of the molecule is COc1ccc(Cl)cc1N(C)C1CCC(N)CC1. The van der Waals surface area contributed by atoms with Crippen molar-refractivity contribution in [1.29, 1.82) is 0 Å². The summed E-state index contributed by atoms with van der Waals surface area (Å²) in [4.78, 5) is 2.27. The number of hydrogen-bond acceptors (Lipinski definition) is 3. The Labute approximate surface area is 114 Å².